The van der Waals surface area contributed by atoms with E-state index in [0.717, 1.165) is 67.7 Å². The Balaban J connectivity index is 1.99. The molecule has 1 aliphatic rings. The smallest absolute Gasteiger partial charge is 0.271 e. The first-order valence-corrected chi connectivity index (χ1v) is 11.8. The Labute approximate surface area is 192 Å². The molecule has 0 bridgehead atoms. The summed E-state index contributed by atoms with van der Waals surface area (Å²) in [5.74, 6) is 0.889. The molecule has 1 aromatic heterocycles. The van der Waals surface area contributed by atoms with Gasteiger partial charge in [0.25, 0.3) is 5.91 Å². The number of rotatable bonds is 12. The fraction of sp³-hybridized carbons (Fsp3) is 0.640. The number of nitrogens with one attached hydrogen (secondary N) is 1. The van der Waals surface area contributed by atoms with Crippen molar-refractivity contribution in [3.05, 3.63) is 30.0 Å². The van der Waals surface area contributed by atoms with Crippen molar-refractivity contribution in [3.63, 3.8) is 0 Å². The van der Waals surface area contributed by atoms with Crippen molar-refractivity contribution >= 4 is 16.8 Å². The van der Waals surface area contributed by atoms with Gasteiger partial charge in [0.1, 0.15) is 18.1 Å². The molecule has 3 rings (SSSR count). The van der Waals surface area contributed by atoms with Gasteiger partial charge in [-0.15, -0.1) is 0 Å². The Morgan fingerprint density at radius 3 is 2.69 bits per heavy atom. The molecule has 2 aromatic rings. The molecule has 7 heteroatoms. The molecule has 0 aliphatic carbocycles. The van der Waals surface area contributed by atoms with Gasteiger partial charge in [0, 0.05) is 51.4 Å². The predicted octanol–water partition coefficient (Wildman–Crippen LogP) is 3.70. The van der Waals surface area contributed by atoms with Crippen LogP contribution in [0.15, 0.2) is 24.3 Å². The van der Waals surface area contributed by atoms with Crippen LogP contribution < -0.4 is 10.1 Å². The van der Waals surface area contributed by atoms with Crippen molar-refractivity contribution in [3.8, 4) is 5.75 Å². The minimum absolute atomic E-state index is 0.0967. The Kier molecular flexibility index (Phi) is 9.38. The summed E-state index contributed by atoms with van der Waals surface area (Å²) in [5, 5.41) is 4.49. The van der Waals surface area contributed by atoms with Gasteiger partial charge in [-0.25, -0.2) is 0 Å². The fourth-order valence-corrected chi connectivity index (χ4v) is 4.59. The number of ether oxygens (including phenoxy) is 3. The number of benzene rings is 1. The molecule has 0 saturated carbocycles. The number of methoxy groups -OCH3 is 2. The van der Waals surface area contributed by atoms with Gasteiger partial charge >= 0.3 is 0 Å². The highest BCUT2D eigenvalue weighted by Gasteiger charge is 2.31. The molecule has 32 heavy (non-hydrogen) atoms. The fourth-order valence-electron chi connectivity index (χ4n) is 4.59. The Bertz CT molecular complexity index is 858. The number of para-hydroxylation sites is 1. The first-order valence-electron chi connectivity index (χ1n) is 11.8. The quantitative estimate of drug-likeness (QED) is 0.505. The number of nitrogens with zero attached hydrogens (tertiary/aromatic N) is 2. The van der Waals surface area contributed by atoms with E-state index in [9.17, 15) is 4.79 Å². The molecular weight excluding hydrogens is 406 g/mol. The van der Waals surface area contributed by atoms with Crippen molar-refractivity contribution in [1.82, 2.24) is 14.8 Å². The average molecular weight is 446 g/mol. The number of amides is 1. The van der Waals surface area contributed by atoms with Crippen LogP contribution in [0.2, 0.25) is 0 Å². The van der Waals surface area contributed by atoms with Gasteiger partial charge in [-0.05, 0) is 58.2 Å². The van der Waals surface area contributed by atoms with E-state index in [-0.39, 0.29) is 18.0 Å². The van der Waals surface area contributed by atoms with Crippen molar-refractivity contribution in [2.75, 3.05) is 47.1 Å². The molecule has 1 aromatic carbocycles. The number of aryl methyl sites for hydroxylation is 1. The summed E-state index contributed by atoms with van der Waals surface area (Å²) in [5.41, 5.74) is 1.72. The normalized spacial score (nSPS) is 16.6. The molecule has 1 aliphatic heterocycles. The van der Waals surface area contributed by atoms with Gasteiger partial charge in [0.15, 0.2) is 0 Å². The number of aromatic nitrogens is 1. The van der Waals surface area contributed by atoms with Crippen LogP contribution in [-0.4, -0.2) is 74.6 Å². The lowest BCUT2D eigenvalue weighted by Crippen LogP contribution is -2.52. The van der Waals surface area contributed by atoms with Gasteiger partial charge in [-0.2, -0.15) is 0 Å². The number of hydrogen-bond donors (Lipinski definition) is 1. The second kappa shape index (κ2) is 12.2. The monoisotopic (exact) mass is 445 g/mol. The minimum Gasteiger partial charge on any atom is -0.489 e. The van der Waals surface area contributed by atoms with Crippen LogP contribution >= 0.6 is 0 Å². The molecule has 1 fully saturated rings. The lowest BCUT2D eigenvalue weighted by atomic mass is 10.0. The molecule has 1 N–H and O–H groups in total. The number of carbonyl (C=O) groups excluding carboxylic acids is 1. The molecular formula is C25H39N3O4. The predicted molar refractivity (Wildman–Crippen MR) is 128 cm³/mol. The van der Waals surface area contributed by atoms with E-state index in [1.54, 1.807) is 14.2 Å². The largest absolute Gasteiger partial charge is 0.489 e. The van der Waals surface area contributed by atoms with Crippen molar-refractivity contribution in [2.45, 2.75) is 58.2 Å². The third-order valence-corrected chi connectivity index (χ3v) is 6.08. The molecule has 2 heterocycles. The number of piperidine rings is 1. The van der Waals surface area contributed by atoms with Crippen LogP contribution in [-0.2, 0) is 16.0 Å². The number of fused-ring (bicyclic) bond motifs is 1. The summed E-state index contributed by atoms with van der Waals surface area (Å²) in [6.45, 7) is 8.54. The summed E-state index contributed by atoms with van der Waals surface area (Å²) in [6, 6.07) is 8.40. The van der Waals surface area contributed by atoms with E-state index in [1.807, 2.05) is 18.2 Å². The van der Waals surface area contributed by atoms with Gasteiger partial charge in [0.2, 0.25) is 0 Å². The van der Waals surface area contributed by atoms with Crippen LogP contribution in [0.25, 0.3) is 10.9 Å². The minimum atomic E-state index is 0.0967. The van der Waals surface area contributed by atoms with Crippen molar-refractivity contribution < 1.29 is 19.0 Å². The maximum Gasteiger partial charge on any atom is 0.271 e. The topological polar surface area (TPSA) is 65.0 Å². The highest BCUT2D eigenvalue weighted by atomic mass is 16.5. The second-order valence-corrected chi connectivity index (χ2v) is 8.72. The van der Waals surface area contributed by atoms with E-state index >= 15 is 0 Å². The maximum atomic E-state index is 13.9. The summed E-state index contributed by atoms with van der Waals surface area (Å²) in [7, 11) is 3.39. The molecule has 7 nitrogen and oxygen atoms in total. The highest BCUT2D eigenvalue weighted by Crippen LogP contribution is 2.31. The maximum absolute atomic E-state index is 13.9. The van der Waals surface area contributed by atoms with E-state index in [2.05, 4.69) is 34.7 Å². The van der Waals surface area contributed by atoms with E-state index in [0.29, 0.717) is 19.8 Å². The van der Waals surface area contributed by atoms with E-state index in [4.69, 9.17) is 14.2 Å². The van der Waals surface area contributed by atoms with Crippen LogP contribution in [0.5, 0.6) is 5.75 Å². The third-order valence-electron chi connectivity index (χ3n) is 6.08. The molecule has 1 saturated heterocycles. The van der Waals surface area contributed by atoms with Crippen molar-refractivity contribution in [1.29, 1.82) is 0 Å². The van der Waals surface area contributed by atoms with E-state index in [1.165, 1.54) is 0 Å². The summed E-state index contributed by atoms with van der Waals surface area (Å²) in [6.07, 6.45) is 4.00. The summed E-state index contributed by atoms with van der Waals surface area (Å²) < 4.78 is 18.6. The lowest BCUT2D eigenvalue weighted by Gasteiger charge is -2.37. The van der Waals surface area contributed by atoms with Crippen LogP contribution in [0.3, 0.4) is 0 Å². The number of unbranched alkanes of at least 4 members (excludes halogenated alkanes) is 1. The Morgan fingerprint density at radius 1 is 1.19 bits per heavy atom. The van der Waals surface area contributed by atoms with Crippen LogP contribution in [0, 0.1) is 0 Å². The SMILES string of the molecule is COCCCCn1c(C(=O)N(C(C)C)[C@@H]2CCCNC2)cc2cccc(OCCOC)c21. The average Bonchev–Trinajstić information content (AvgIpc) is 3.17. The summed E-state index contributed by atoms with van der Waals surface area (Å²) >= 11 is 0. The zero-order valence-electron chi connectivity index (χ0n) is 20.1. The molecule has 0 spiro atoms. The van der Waals surface area contributed by atoms with Gasteiger partial charge < -0.3 is 29.0 Å². The third kappa shape index (κ3) is 5.82. The van der Waals surface area contributed by atoms with Gasteiger partial charge in [-0.3, -0.25) is 4.79 Å². The molecule has 1 atom stereocenters. The van der Waals surface area contributed by atoms with Crippen molar-refractivity contribution in [2.24, 2.45) is 0 Å². The summed E-state index contributed by atoms with van der Waals surface area (Å²) in [4.78, 5) is 16.0. The van der Waals surface area contributed by atoms with Gasteiger partial charge in [0.05, 0.1) is 12.1 Å². The second-order valence-electron chi connectivity index (χ2n) is 8.72. The van der Waals surface area contributed by atoms with Gasteiger partial charge in [-0.1, -0.05) is 12.1 Å². The Hall–Kier alpha value is -2.09. The zero-order valence-corrected chi connectivity index (χ0v) is 20.1. The number of hydrogen-bond acceptors (Lipinski definition) is 5. The highest BCUT2D eigenvalue weighted by molar-refractivity contribution is 6.00. The van der Waals surface area contributed by atoms with Crippen LogP contribution in [0.1, 0.15) is 50.0 Å². The molecule has 1 amide bonds. The molecule has 178 valence electrons. The number of carbonyl (C=O) groups is 1. The lowest BCUT2D eigenvalue weighted by molar-refractivity contribution is 0.0562. The first-order chi connectivity index (χ1) is 15.6. The Morgan fingerprint density at radius 2 is 2.00 bits per heavy atom. The molecule has 0 unspecified atom stereocenters. The first kappa shape index (κ1) is 24.6. The van der Waals surface area contributed by atoms with Crippen LogP contribution in [0.4, 0.5) is 0 Å². The van der Waals surface area contributed by atoms with E-state index < -0.39 is 0 Å². The standard InChI is InChI=1S/C25H39N3O4/c1-19(2)28(21-10-8-12-26-18-21)25(29)22-17-20-9-7-11-23(32-16-15-31-4)24(20)27(22)13-5-6-14-30-3/h7,9,11,17,19,21,26H,5-6,8,10,12-16,18H2,1-4H3/t21-/m1/s1. The zero-order chi connectivity index (χ0) is 22.9. The molecule has 0 radical (unpaired) electrons.